The molecule has 0 saturated heterocycles. The lowest BCUT2D eigenvalue weighted by Crippen LogP contribution is -2.35. The first kappa shape index (κ1) is 20.7. The van der Waals surface area contributed by atoms with E-state index in [1.807, 2.05) is 0 Å². The number of amides is 1. The van der Waals surface area contributed by atoms with Crippen molar-refractivity contribution in [2.24, 2.45) is 0 Å². The number of nitro groups is 1. The molecule has 0 aliphatic rings. The van der Waals surface area contributed by atoms with Crippen molar-refractivity contribution in [1.82, 2.24) is 5.32 Å². The SMILES string of the molecule is COc1ccc(CNC(=O)C(C)OC(=O)c2cccc([N+](=O)[O-])c2)cc1OC. The van der Waals surface area contributed by atoms with Crippen molar-refractivity contribution >= 4 is 17.6 Å². The molecule has 0 bridgehead atoms. The monoisotopic (exact) mass is 388 g/mol. The average molecular weight is 388 g/mol. The van der Waals surface area contributed by atoms with E-state index in [1.165, 1.54) is 39.3 Å². The Balaban J connectivity index is 1.95. The number of carbonyl (C=O) groups excluding carboxylic acids is 2. The molecule has 148 valence electrons. The lowest BCUT2D eigenvalue weighted by Gasteiger charge is -2.14. The molecule has 9 nitrogen and oxygen atoms in total. The summed E-state index contributed by atoms with van der Waals surface area (Å²) in [4.78, 5) is 34.5. The zero-order valence-electron chi connectivity index (χ0n) is 15.6. The van der Waals surface area contributed by atoms with Crippen LogP contribution in [0.25, 0.3) is 0 Å². The third-order valence-corrected chi connectivity index (χ3v) is 3.86. The van der Waals surface area contributed by atoms with Crippen LogP contribution in [0.2, 0.25) is 0 Å². The number of nitrogens with zero attached hydrogens (tertiary/aromatic N) is 1. The van der Waals surface area contributed by atoms with E-state index in [-0.39, 0.29) is 17.8 Å². The maximum atomic E-state index is 12.2. The number of nitrogens with one attached hydrogen (secondary N) is 1. The number of hydrogen-bond acceptors (Lipinski definition) is 7. The third-order valence-electron chi connectivity index (χ3n) is 3.86. The Hall–Kier alpha value is -3.62. The molecular weight excluding hydrogens is 368 g/mol. The van der Waals surface area contributed by atoms with E-state index in [2.05, 4.69) is 5.32 Å². The van der Waals surface area contributed by atoms with E-state index in [4.69, 9.17) is 14.2 Å². The summed E-state index contributed by atoms with van der Waals surface area (Å²) in [5, 5.41) is 13.4. The van der Waals surface area contributed by atoms with Crippen molar-refractivity contribution in [2.45, 2.75) is 19.6 Å². The largest absolute Gasteiger partial charge is 0.493 e. The molecule has 0 aliphatic carbocycles. The first-order chi connectivity index (χ1) is 13.3. The summed E-state index contributed by atoms with van der Waals surface area (Å²) in [5.74, 6) is -0.234. The molecule has 0 aromatic heterocycles. The first-order valence-corrected chi connectivity index (χ1v) is 8.29. The Labute approximate surface area is 161 Å². The van der Waals surface area contributed by atoms with E-state index in [9.17, 15) is 19.7 Å². The van der Waals surface area contributed by atoms with E-state index < -0.39 is 22.9 Å². The molecule has 9 heteroatoms. The predicted octanol–water partition coefficient (Wildman–Crippen LogP) is 2.47. The number of carbonyl (C=O) groups is 2. The molecule has 1 amide bonds. The second kappa shape index (κ2) is 9.36. The van der Waals surface area contributed by atoms with Crippen molar-refractivity contribution in [3.05, 3.63) is 63.7 Å². The molecule has 0 radical (unpaired) electrons. The Morgan fingerprint density at radius 3 is 2.46 bits per heavy atom. The summed E-state index contributed by atoms with van der Waals surface area (Å²) < 4.78 is 15.4. The van der Waals surface area contributed by atoms with Gasteiger partial charge in [-0.1, -0.05) is 12.1 Å². The van der Waals surface area contributed by atoms with Crippen molar-refractivity contribution < 1.29 is 28.7 Å². The smallest absolute Gasteiger partial charge is 0.339 e. The van der Waals surface area contributed by atoms with Gasteiger partial charge in [-0.3, -0.25) is 14.9 Å². The number of nitro benzene ring substituents is 1. The minimum absolute atomic E-state index is 0.00580. The van der Waals surface area contributed by atoms with E-state index in [1.54, 1.807) is 18.2 Å². The predicted molar refractivity (Wildman–Crippen MR) is 99.4 cm³/mol. The van der Waals surface area contributed by atoms with Gasteiger partial charge in [0.2, 0.25) is 0 Å². The fourth-order valence-corrected chi connectivity index (χ4v) is 2.35. The first-order valence-electron chi connectivity index (χ1n) is 8.29. The van der Waals surface area contributed by atoms with Crippen molar-refractivity contribution in [3.63, 3.8) is 0 Å². The molecule has 0 saturated carbocycles. The van der Waals surface area contributed by atoms with Crippen LogP contribution in [0.1, 0.15) is 22.8 Å². The van der Waals surface area contributed by atoms with Crippen molar-refractivity contribution in [1.29, 1.82) is 0 Å². The van der Waals surface area contributed by atoms with Crippen LogP contribution in [0.15, 0.2) is 42.5 Å². The molecule has 2 aromatic rings. The van der Waals surface area contributed by atoms with Gasteiger partial charge in [0.05, 0.1) is 24.7 Å². The number of ether oxygens (including phenoxy) is 3. The highest BCUT2D eigenvalue weighted by Crippen LogP contribution is 2.27. The third kappa shape index (κ3) is 5.19. The highest BCUT2D eigenvalue weighted by Gasteiger charge is 2.20. The number of hydrogen-bond donors (Lipinski definition) is 1. The number of rotatable bonds is 8. The summed E-state index contributed by atoms with van der Waals surface area (Å²) >= 11 is 0. The number of non-ortho nitro benzene ring substituents is 1. The van der Waals surface area contributed by atoms with Crippen LogP contribution in [0.3, 0.4) is 0 Å². The Morgan fingerprint density at radius 2 is 1.82 bits per heavy atom. The molecule has 1 N–H and O–H groups in total. The molecule has 0 fully saturated rings. The second-order valence-electron chi connectivity index (χ2n) is 5.76. The standard InChI is InChI=1S/C19H20N2O7/c1-12(28-19(23)14-5-4-6-15(10-14)21(24)25)18(22)20-11-13-7-8-16(26-2)17(9-13)27-3/h4-10,12H,11H2,1-3H3,(H,20,22). The minimum atomic E-state index is -1.08. The van der Waals surface area contributed by atoms with Crippen LogP contribution in [-0.4, -0.2) is 37.1 Å². The molecule has 1 atom stereocenters. The van der Waals surface area contributed by atoms with Gasteiger partial charge in [-0.2, -0.15) is 0 Å². The Kier molecular flexibility index (Phi) is 6.91. The number of benzene rings is 2. The summed E-state index contributed by atoms with van der Waals surface area (Å²) in [6, 6.07) is 10.3. The molecule has 0 heterocycles. The van der Waals surface area contributed by atoms with E-state index in [0.29, 0.717) is 11.5 Å². The zero-order chi connectivity index (χ0) is 20.7. The topological polar surface area (TPSA) is 117 Å². The molecule has 1 unspecified atom stereocenters. The van der Waals surface area contributed by atoms with E-state index in [0.717, 1.165) is 11.6 Å². The van der Waals surface area contributed by atoms with Gasteiger partial charge in [-0.05, 0) is 30.7 Å². The van der Waals surface area contributed by atoms with Crippen LogP contribution in [0.5, 0.6) is 11.5 Å². The number of esters is 1. The Morgan fingerprint density at radius 1 is 1.11 bits per heavy atom. The average Bonchev–Trinajstić information content (AvgIpc) is 2.71. The highest BCUT2D eigenvalue weighted by molar-refractivity contribution is 5.92. The summed E-state index contributed by atoms with van der Waals surface area (Å²) in [6.07, 6.45) is -1.08. The van der Waals surface area contributed by atoms with Gasteiger partial charge in [0.25, 0.3) is 11.6 Å². The maximum absolute atomic E-state index is 12.2. The van der Waals surface area contributed by atoms with Gasteiger partial charge < -0.3 is 19.5 Å². The number of methoxy groups -OCH3 is 2. The van der Waals surface area contributed by atoms with E-state index >= 15 is 0 Å². The summed E-state index contributed by atoms with van der Waals surface area (Å²) in [6.45, 7) is 1.61. The molecular formula is C19H20N2O7. The van der Waals surface area contributed by atoms with Crippen LogP contribution in [0, 0.1) is 10.1 Å². The van der Waals surface area contributed by atoms with Crippen molar-refractivity contribution in [3.8, 4) is 11.5 Å². The highest BCUT2D eigenvalue weighted by atomic mass is 16.6. The lowest BCUT2D eigenvalue weighted by atomic mass is 10.2. The van der Waals surface area contributed by atoms with Gasteiger partial charge in [0, 0.05) is 18.7 Å². The molecule has 0 aliphatic heterocycles. The van der Waals surface area contributed by atoms with Crippen LogP contribution in [-0.2, 0) is 16.1 Å². The maximum Gasteiger partial charge on any atom is 0.339 e. The molecule has 2 rings (SSSR count). The van der Waals surface area contributed by atoms with Crippen LogP contribution in [0.4, 0.5) is 5.69 Å². The fraction of sp³-hybridized carbons (Fsp3) is 0.263. The van der Waals surface area contributed by atoms with Crippen molar-refractivity contribution in [2.75, 3.05) is 14.2 Å². The summed E-state index contributed by atoms with van der Waals surface area (Å²) in [5.41, 5.74) is 0.525. The summed E-state index contributed by atoms with van der Waals surface area (Å²) in [7, 11) is 3.03. The van der Waals surface area contributed by atoms with Gasteiger partial charge in [0.1, 0.15) is 0 Å². The second-order valence-corrected chi connectivity index (χ2v) is 5.76. The lowest BCUT2D eigenvalue weighted by molar-refractivity contribution is -0.384. The Bertz CT molecular complexity index is 882. The zero-order valence-corrected chi connectivity index (χ0v) is 15.6. The molecule has 0 spiro atoms. The van der Waals surface area contributed by atoms with Gasteiger partial charge in [-0.15, -0.1) is 0 Å². The normalized spacial score (nSPS) is 11.2. The van der Waals surface area contributed by atoms with Gasteiger partial charge in [-0.25, -0.2) is 4.79 Å². The fourth-order valence-electron chi connectivity index (χ4n) is 2.35. The molecule has 28 heavy (non-hydrogen) atoms. The van der Waals surface area contributed by atoms with Crippen LogP contribution >= 0.6 is 0 Å². The minimum Gasteiger partial charge on any atom is -0.493 e. The van der Waals surface area contributed by atoms with Crippen LogP contribution < -0.4 is 14.8 Å². The molecule has 2 aromatic carbocycles. The van der Waals surface area contributed by atoms with Gasteiger partial charge in [0.15, 0.2) is 17.6 Å². The quantitative estimate of drug-likeness (QED) is 0.419. The van der Waals surface area contributed by atoms with Gasteiger partial charge >= 0.3 is 5.97 Å².